The lowest BCUT2D eigenvalue weighted by Crippen LogP contribution is -2.37. The van der Waals surface area contributed by atoms with Gasteiger partial charge >= 0.3 is 9.09 Å². The molecule has 0 radical (unpaired) electrons. The van der Waals surface area contributed by atoms with Gasteiger partial charge in [-0.05, 0) is 40.2 Å². The van der Waals surface area contributed by atoms with Crippen LogP contribution in [-0.2, 0) is 18.6 Å². The molecule has 2 N–H and O–H groups in total. The first kappa shape index (κ1) is 15.5. The second-order valence-electron chi connectivity index (χ2n) is 3.22. The van der Waals surface area contributed by atoms with Crippen molar-refractivity contribution in [2.75, 3.05) is 19.8 Å². The summed E-state index contributed by atoms with van der Waals surface area (Å²) in [6.07, 6.45) is 1.51. The first-order valence-electron chi connectivity index (χ1n) is 5.62. The van der Waals surface area contributed by atoms with Gasteiger partial charge < -0.3 is 14.6 Å². The topological polar surface area (TPSA) is 74.0 Å². The van der Waals surface area contributed by atoms with Crippen LogP contribution >= 0.6 is 0 Å². The molecule has 0 amide bonds. The van der Waals surface area contributed by atoms with Crippen molar-refractivity contribution in [3.8, 4) is 0 Å². The van der Waals surface area contributed by atoms with Crippen molar-refractivity contribution in [2.45, 2.75) is 39.7 Å². The Balaban J connectivity index is 3.97. The molecule has 0 rings (SSSR count). The molecule has 96 valence electrons. The highest BCUT2D eigenvalue weighted by Gasteiger charge is 2.23. The third-order valence-corrected chi connectivity index (χ3v) is 2.92. The molecule has 1 unspecified atom stereocenters. The van der Waals surface area contributed by atoms with E-state index in [9.17, 15) is 4.46 Å². The largest absolute Gasteiger partial charge is 0.690 e. The fraction of sp³-hybridized carbons (Fsp3) is 1.00. The monoisotopic (exact) mass is 250 g/mol. The number of nitrogens with zero attached hydrogens (tertiary/aromatic N) is 1. The van der Waals surface area contributed by atoms with Crippen LogP contribution in [-0.4, -0.2) is 39.8 Å². The van der Waals surface area contributed by atoms with Crippen LogP contribution in [0.25, 0.3) is 0 Å². The van der Waals surface area contributed by atoms with Crippen molar-refractivity contribution in [1.82, 2.24) is 4.89 Å². The van der Waals surface area contributed by atoms with Gasteiger partial charge in [0.15, 0.2) is 0 Å². The molecule has 0 heterocycles. The minimum absolute atomic E-state index is 0.113. The zero-order valence-electron chi connectivity index (χ0n) is 10.3. The number of hydrogen-bond donors (Lipinski definition) is 1. The van der Waals surface area contributed by atoms with E-state index in [2.05, 4.69) is 0 Å². The van der Waals surface area contributed by atoms with Crippen LogP contribution in [0.5, 0.6) is 0 Å². The molecule has 1 atom stereocenters. The normalized spacial score (nSPS) is 12.2. The van der Waals surface area contributed by atoms with E-state index in [-0.39, 0.29) is 6.10 Å². The first-order chi connectivity index (χ1) is 7.65. The van der Waals surface area contributed by atoms with Crippen LogP contribution in [0, 0.1) is 0 Å². The lowest BCUT2D eigenvalue weighted by Gasteiger charge is -2.20. The summed E-state index contributed by atoms with van der Waals surface area (Å²) in [7, 11) is -2.48. The van der Waals surface area contributed by atoms with Crippen LogP contribution in [0.1, 0.15) is 33.6 Å². The smallest absolute Gasteiger partial charge is 0.505 e. The van der Waals surface area contributed by atoms with Gasteiger partial charge in [-0.15, -0.1) is 0 Å². The molecule has 0 aromatic heterocycles. The van der Waals surface area contributed by atoms with Gasteiger partial charge in [-0.1, -0.05) is 4.89 Å². The van der Waals surface area contributed by atoms with Gasteiger partial charge in [0, 0.05) is 0 Å². The molecule has 0 spiro atoms. The third kappa shape index (κ3) is 6.89. The molecule has 0 saturated heterocycles. The Bertz CT molecular complexity index is 188. The minimum Gasteiger partial charge on any atom is -0.505 e. The molecule has 0 aromatic rings. The number of hydrogen-bond acceptors (Lipinski definition) is 5. The minimum atomic E-state index is -2.48. The second kappa shape index (κ2) is 9.70. The first-order valence-corrected chi connectivity index (χ1v) is 6.88. The lowest BCUT2D eigenvalue weighted by molar-refractivity contribution is -0.316. The van der Waals surface area contributed by atoms with Gasteiger partial charge in [0.2, 0.25) is 0 Å². The molecule has 0 bridgehead atoms. The zero-order chi connectivity index (χ0) is 12.4. The Morgan fingerprint density at radius 1 is 1.31 bits per heavy atom. The molecule has 0 saturated carbocycles. The highest BCUT2D eigenvalue weighted by atomic mass is 28.3. The van der Waals surface area contributed by atoms with E-state index in [4.69, 9.17) is 19.8 Å². The van der Waals surface area contributed by atoms with E-state index in [1.807, 2.05) is 6.92 Å². The summed E-state index contributed by atoms with van der Waals surface area (Å²) in [6, 6.07) is 0. The summed E-state index contributed by atoms with van der Waals surface area (Å²) in [5.74, 6) is 0. The fourth-order valence-corrected chi connectivity index (χ4v) is 2.07. The molecular formula is C9H22N2O4Si. The Hall–Kier alpha value is -0.503. The van der Waals surface area contributed by atoms with Crippen LogP contribution in [0.2, 0.25) is 0 Å². The summed E-state index contributed by atoms with van der Waals surface area (Å²) < 4.78 is 17.0. The van der Waals surface area contributed by atoms with Crippen LogP contribution < -0.4 is 5.73 Å². The molecule has 0 aromatic carbocycles. The molecule has 0 fully saturated rings. The van der Waals surface area contributed by atoms with Crippen molar-refractivity contribution in [2.24, 2.45) is 5.73 Å². The van der Waals surface area contributed by atoms with Crippen LogP contribution in [0.4, 0.5) is 0 Å². The molecule has 6 nitrogen and oxygen atoms in total. The van der Waals surface area contributed by atoms with Gasteiger partial charge in [-0.25, -0.2) is 0 Å². The quantitative estimate of drug-likeness (QED) is 0.455. The molecule has 0 aliphatic heterocycles. The summed E-state index contributed by atoms with van der Waals surface area (Å²) >= 11 is 0. The highest BCUT2D eigenvalue weighted by Crippen LogP contribution is 2.03. The van der Waals surface area contributed by atoms with Crippen molar-refractivity contribution in [3.63, 3.8) is 0 Å². The van der Waals surface area contributed by atoms with Gasteiger partial charge in [0.05, 0.1) is 19.3 Å². The Morgan fingerprint density at radius 2 is 1.88 bits per heavy atom. The van der Waals surface area contributed by atoms with Crippen LogP contribution in [0.3, 0.4) is 0 Å². The van der Waals surface area contributed by atoms with E-state index in [1.54, 1.807) is 13.8 Å². The summed E-state index contributed by atoms with van der Waals surface area (Å²) in [4.78, 5) is 11.0. The lowest BCUT2D eigenvalue weighted by atomic mass is 10.2. The van der Waals surface area contributed by atoms with E-state index in [1.165, 1.54) is 0 Å². The van der Waals surface area contributed by atoms with Crippen LogP contribution in [0.15, 0.2) is 0 Å². The Morgan fingerprint density at radius 3 is 2.31 bits per heavy atom. The average molecular weight is 250 g/mol. The SMILES string of the molecule is CCON(OCC)[Si](=O)OC(C)CCCN. The fourth-order valence-electron chi connectivity index (χ4n) is 1.06. The summed E-state index contributed by atoms with van der Waals surface area (Å²) in [5, 5.41) is 0. The Kier molecular flexibility index (Phi) is 9.40. The van der Waals surface area contributed by atoms with E-state index >= 15 is 0 Å². The second-order valence-corrected chi connectivity index (χ2v) is 4.35. The maximum Gasteiger partial charge on any atom is 0.690 e. The van der Waals surface area contributed by atoms with Gasteiger partial charge in [0.25, 0.3) is 0 Å². The summed E-state index contributed by atoms with van der Waals surface area (Å²) in [6.45, 7) is 6.81. The maximum absolute atomic E-state index is 11.7. The average Bonchev–Trinajstić information content (AvgIpc) is 2.26. The maximum atomic E-state index is 11.7. The molecule has 16 heavy (non-hydrogen) atoms. The number of nitrogens with two attached hydrogens (primary N) is 1. The van der Waals surface area contributed by atoms with E-state index < -0.39 is 9.09 Å². The number of rotatable bonds is 10. The van der Waals surface area contributed by atoms with Gasteiger partial charge in [-0.2, -0.15) is 0 Å². The van der Waals surface area contributed by atoms with Crippen molar-refractivity contribution in [1.29, 1.82) is 0 Å². The zero-order valence-corrected chi connectivity index (χ0v) is 11.3. The predicted octanol–water partition coefficient (Wildman–Crippen LogP) is 0.751. The molecule has 7 heteroatoms. The molecule has 0 aliphatic rings. The van der Waals surface area contributed by atoms with Gasteiger partial charge in [-0.3, -0.25) is 9.68 Å². The predicted molar refractivity (Wildman–Crippen MR) is 60.4 cm³/mol. The third-order valence-electron chi connectivity index (χ3n) is 1.76. The van der Waals surface area contributed by atoms with Crippen molar-refractivity contribution < 1.29 is 18.6 Å². The molecular weight excluding hydrogens is 228 g/mol. The van der Waals surface area contributed by atoms with Crippen molar-refractivity contribution >= 4 is 9.09 Å². The van der Waals surface area contributed by atoms with E-state index in [0.29, 0.717) is 19.8 Å². The van der Waals surface area contributed by atoms with E-state index in [0.717, 1.165) is 17.7 Å². The summed E-state index contributed by atoms with van der Waals surface area (Å²) in [5.41, 5.74) is 5.38. The van der Waals surface area contributed by atoms with Crippen molar-refractivity contribution in [3.05, 3.63) is 0 Å². The molecule has 0 aliphatic carbocycles. The standard InChI is InChI=1S/C9H22N2O4Si/c1-4-13-11(14-5-2)16(12)15-9(3)7-6-8-10/h9H,4-8,10H2,1-3H3. The van der Waals surface area contributed by atoms with Gasteiger partial charge in [0.1, 0.15) is 0 Å². The highest BCUT2D eigenvalue weighted by molar-refractivity contribution is 6.30. The Labute approximate surface area is 98.4 Å².